The van der Waals surface area contributed by atoms with Crippen LogP contribution in [-0.4, -0.2) is 21.1 Å². The second kappa shape index (κ2) is 3.27. The molecule has 0 atom stereocenters. The van der Waals surface area contributed by atoms with Crippen LogP contribution in [0.25, 0.3) is 5.00 Å². The van der Waals surface area contributed by atoms with E-state index in [-0.39, 0.29) is 0 Å². The van der Waals surface area contributed by atoms with Crippen molar-refractivity contribution in [2.75, 3.05) is 0 Å². The standard InChI is InChI=1S/C10H9N3OS/c14-5-8-3-4-9(15-8)13-6-11-10(12-13)7-1-2-7/h3-7H,1-2H2. The molecule has 0 aliphatic heterocycles. The third kappa shape index (κ3) is 1.59. The molecule has 1 aliphatic rings. The van der Waals surface area contributed by atoms with Gasteiger partial charge in [-0.3, -0.25) is 4.79 Å². The van der Waals surface area contributed by atoms with Crippen LogP contribution < -0.4 is 0 Å². The van der Waals surface area contributed by atoms with Crippen LogP contribution >= 0.6 is 11.3 Å². The van der Waals surface area contributed by atoms with Crippen molar-refractivity contribution in [3.63, 3.8) is 0 Å². The highest BCUT2D eigenvalue weighted by molar-refractivity contribution is 7.16. The van der Waals surface area contributed by atoms with Crippen LogP contribution in [0.2, 0.25) is 0 Å². The SMILES string of the molecule is O=Cc1ccc(-n2cnc(C3CC3)n2)s1. The number of hydrogen-bond donors (Lipinski definition) is 0. The van der Waals surface area contributed by atoms with Crippen LogP contribution in [0.3, 0.4) is 0 Å². The number of thiophene rings is 1. The number of rotatable bonds is 3. The zero-order chi connectivity index (χ0) is 10.3. The molecule has 1 fully saturated rings. The van der Waals surface area contributed by atoms with Gasteiger partial charge in [0.2, 0.25) is 0 Å². The van der Waals surface area contributed by atoms with Gasteiger partial charge in [0.1, 0.15) is 11.3 Å². The molecule has 0 unspecified atom stereocenters. The van der Waals surface area contributed by atoms with E-state index < -0.39 is 0 Å². The summed E-state index contributed by atoms with van der Waals surface area (Å²) in [7, 11) is 0. The van der Waals surface area contributed by atoms with E-state index in [9.17, 15) is 4.79 Å². The zero-order valence-corrected chi connectivity index (χ0v) is 8.78. The number of aromatic nitrogens is 3. The molecule has 2 aromatic rings. The van der Waals surface area contributed by atoms with E-state index in [1.165, 1.54) is 24.2 Å². The first-order chi connectivity index (χ1) is 7.36. The lowest BCUT2D eigenvalue weighted by Crippen LogP contribution is -1.92. The molecule has 4 nitrogen and oxygen atoms in total. The van der Waals surface area contributed by atoms with Gasteiger partial charge in [-0.2, -0.15) is 5.10 Å². The zero-order valence-electron chi connectivity index (χ0n) is 7.96. The van der Waals surface area contributed by atoms with Gasteiger partial charge in [-0.05, 0) is 25.0 Å². The highest BCUT2D eigenvalue weighted by Gasteiger charge is 2.27. The van der Waals surface area contributed by atoms with E-state index in [1.54, 1.807) is 17.1 Å². The molecule has 1 aliphatic carbocycles. The minimum absolute atomic E-state index is 0.566. The third-order valence-corrected chi connectivity index (χ3v) is 3.41. The highest BCUT2D eigenvalue weighted by Crippen LogP contribution is 2.37. The second-order valence-electron chi connectivity index (χ2n) is 3.62. The fraction of sp³-hybridized carbons (Fsp3) is 0.300. The van der Waals surface area contributed by atoms with Gasteiger partial charge in [-0.1, -0.05) is 0 Å². The number of nitrogens with zero attached hydrogens (tertiary/aromatic N) is 3. The van der Waals surface area contributed by atoms with Gasteiger partial charge in [0.15, 0.2) is 12.1 Å². The van der Waals surface area contributed by atoms with Crippen molar-refractivity contribution in [3.05, 3.63) is 29.2 Å². The highest BCUT2D eigenvalue weighted by atomic mass is 32.1. The summed E-state index contributed by atoms with van der Waals surface area (Å²) in [5, 5.41) is 5.33. The summed E-state index contributed by atoms with van der Waals surface area (Å²) in [6.45, 7) is 0. The molecule has 0 radical (unpaired) electrons. The molecule has 5 heteroatoms. The molecule has 2 aromatic heterocycles. The molecule has 15 heavy (non-hydrogen) atoms. The lowest BCUT2D eigenvalue weighted by atomic mass is 10.4. The average Bonchev–Trinajstić information content (AvgIpc) is 2.84. The molecule has 0 N–H and O–H groups in total. The first-order valence-electron chi connectivity index (χ1n) is 4.84. The normalized spacial score (nSPS) is 15.5. The Morgan fingerprint density at radius 2 is 2.33 bits per heavy atom. The van der Waals surface area contributed by atoms with Crippen molar-refractivity contribution in [3.8, 4) is 5.00 Å². The fourth-order valence-corrected chi connectivity index (χ4v) is 2.18. The van der Waals surface area contributed by atoms with Gasteiger partial charge in [-0.25, -0.2) is 9.67 Å². The van der Waals surface area contributed by atoms with Crippen LogP contribution in [0.1, 0.15) is 34.3 Å². The van der Waals surface area contributed by atoms with Crippen LogP contribution in [0.5, 0.6) is 0 Å². The summed E-state index contributed by atoms with van der Waals surface area (Å²) < 4.78 is 1.74. The van der Waals surface area contributed by atoms with Gasteiger partial charge in [-0.15, -0.1) is 11.3 Å². The maximum Gasteiger partial charge on any atom is 0.160 e. The van der Waals surface area contributed by atoms with Crippen molar-refractivity contribution in [1.82, 2.24) is 14.8 Å². The predicted molar refractivity (Wildman–Crippen MR) is 56.6 cm³/mol. The Morgan fingerprint density at radius 1 is 1.47 bits per heavy atom. The monoisotopic (exact) mass is 219 g/mol. The van der Waals surface area contributed by atoms with Crippen molar-refractivity contribution in [1.29, 1.82) is 0 Å². The average molecular weight is 219 g/mol. The Hall–Kier alpha value is -1.49. The Morgan fingerprint density at radius 3 is 3.00 bits per heavy atom. The van der Waals surface area contributed by atoms with Gasteiger partial charge < -0.3 is 0 Å². The number of aldehydes is 1. The quantitative estimate of drug-likeness (QED) is 0.742. The van der Waals surface area contributed by atoms with Crippen molar-refractivity contribution in [2.45, 2.75) is 18.8 Å². The Labute approximate surface area is 90.6 Å². The van der Waals surface area contributed by atoms with Crippen LogP contribution in [0.4, 0.5) is 0 Å². The predicted octanol–water partition coefficient (Wildman–Crippen LogP) is 2.02. The molecule has 1 saturated carbocycles. The van der Waals surface area contributed by atoms with Crippen molar-refractivity contribution < 1.29 is 4.79 Å². The van der Waals surface area contributed by atoms with Gasteiger partial charge in [0.25, 0.3) is 0 Å². The Kier molecular flexibility index (Phi) is 1.92. The minimum Gasteiger partial charge on any atom is -0.297 e. The summed E-state index contributed by atoms with van der Waals surface area (Å²) in [5.74, 6) is 1.49. The molecule has 3 rings (SSSR count). The second-order valence-corrected chi connectivity index (χ2v) is 4.71. The van der Waals surface area contributed by atoms with E-state index in [2.05, 4.69) is 10.1 Å². The molecule has 76 valence electrons. The van der Waals surface area contributed by atoms with E-state index in [4.69, 9.17) is 0 Å². The topological polar surface area (TPSA) is 47.8 Å². The molecule has 2 heterocycles. The first-order valence-corrected chi connectivity index (χ1v) is 5.65. The van der Waals surface area contributed by atoms with Crippen molar-refractivity contribution in [2.24, 2.45) is 0 Å². The van der Waals surface area contributed by atoms with Gasteiger partial charge in [0, 0.05) is 5.92 Å². The minimum atomic E-state index is 0.566. The summed E-state index contributed by atoms with van der Waals surface area (Å²) in [4.78, 5) is 15.5. The van der Waals surface area contributed by atoms with E-state index in [1.807, 2.05) is 6.07 Å². The van der Waals surface area contributed by atoms with E-state index in [0.717, 1.165) is 17.1 Å². The summed E-state index contributed by atoms with van der Waals surface area (Å²) in [6.07, 6.45) is 4.98. The summed E-state index contributed by atoms with van der Waals surface area (Å²) in [5.41, 5.74) is 0. The number of hydrogen-bond acceptors (Lipinski definition) is 4. The van der Waals surface area contributed by atoms with E-state index >= 15 is 0 Å². The third-order valence-electron chi connectivity index (χ3n) is 2.41. The van der Waals surface area contributed by atoms with Crippen LogP contribution in [0.15, 0.2) is 18.5 Å². The lowest BCUT2D eigenvalue weighted by molar-refractivity contribution is 0.112. The van der Waals surface area contributed by atoms with Gasteiger partial charge in [0.05, 0.1) is 4.88 Å². The summed E-state index contributed by atoms with van der Waals surface area (Å²) >= 11 is 1.42. The smallest absolute Gasteiger partial charge is 0.160 e. The molecule has 0 saturated heterocycles. The van der Waals surface area contributed by atoms with Gasteiger partial charge >= 0.3 is 0 Å². The van der Waals surface area contributed by atoms with Crippen LogP contribution in [-0.2, 0) is 0 Å². The summed E-state index contributed by atoms with van der Waals surface area (Å²) in [6, 6.07) is 3.69. The molecular weight excluding hydrogens is 210 g/mol. The Bertz CT molecular complexity index is 498. The molecule has 0 amide bonds. The first kappa shape index (κ1) is 8.79. The molecule has 0 spiro atoms. The molecular formula is C10H9N3OS. The largest absolute Gasteiger partial charge is 0.297 e. The number of carbonyl (C=O) groups is 1. The Balaban J connectivity index is 1.93. The molecule has 0 aromatic carbocycles. The fourth-order valence-electron chi connectivity index (χ4n) is 1.44. The van der Waals surface area contributed by atoms with Crippen molar-refractivity contribution >= 4 is 17.6 Å². The van der Waals surface area contributed by atoms with Crippen LogP contribution in [0, 0.1) is 0 Å². The lowest BCUT2D eigenvalue weighted by Gasteiger charge is -1.92. The molecule has 0 bridgehead atoms. The number of carbonyl (C=O) groups excluding carboxylic acids is 1. The maximum atomic E-state index is 10.5. The maximum absolute atomic E-state index is 10.5. The van der Waals surface area contributed by atoms with E-state index in [0.29, 0.717) is 10.8 Å².